The standard InChI is InChI=1S/C21H20N6O2S3/c22-18-17-13-8-4-5-9-14(13)32-19(17)24-20(23-18)30-10-15-25-26-21(31-11-16(28)29)27(15)12-6-2-1-3-7-12/h1-3,6-7H,4-5,8-11H2,(H,28,29)(H2,22,23,24)/p-1. The Morgan fingerprint density at radius 3 is 2.75 bits per heavy atom. The number of carboxylic acid groups (broad SMARTS) is 1. The lowest BCUT2D eigenvalue weighted by Gasteiger charge is -2.11. The first-order valence-corrected chi connectivity index (χ1v) is 12.9. The van der Waals surface area contributed by atoms with Crippen molar-refractivity contribution in [2.75, 3.05) is 11.5 Å². The third kappa shape index (κ3) is 4.19. The summed E-state index contributed by atoms with van der Waals surface area (Å²) in [6, 6.07) is 9.60. The lowest BCUT2D eigenvalue weighted by atomic mass is 9.97. The van der Waals surface area contributed by atoms with Crippen LogP contribution >= 0.6 is 34.9 Å². The van der Waals surface area contributed by atoms with E-state index in [1.54, 1.807) is 11.3 Å². The number of nitrogens with zero attached hydrogens (tertiary/aromatic N) is 5. The number of aryl methyl sites for hydroxylation is 2. The molecule has 0 saturated heterocycles. The fourth-order valence-corrected chi connectivity index (χ4v) is 6.58. The second kappa shape index (κ2) is 9.08. The van der Waals surface area contributed by atoms with E-state index in [1.807, 2.05) is 34.9 Å². The minimum atomic E-state index is -1.15. The number of carbonyl (C=O) groups excluding carboxylic acids is 1. The molecule has 1 aromatic carbocycles. The summed E-state index contributed by atoms with van der Waals surface area (Å²) >= 11 is 4.24. The highest BCUT2D eigenvalue weighted by Crippen LogP contribution is 2.39. The first-order chi connectivity index (χ1) is 15.6. The van der Waals surface area contributed by atoms with Crippen molar-refractivity contribution in [3.05, 3.63) is 46.6 Å². The van der Waals surface area contributed by atoms with Gasteiger partial charge in [-0.3, -0.25) is 4.57 Å². The number of carboxylic acids is 1. The van der Waals surface area contributed by atoms with Crippen LogP contribution in [-0.2, 0) is 23.4 Å². The van der Waals surface area contributed by atoms with Gasteiger partial charge in [-0.2, -0.15) is 0 Å². The summed E-state index contributed by atoms with van der Waals surface area (Å²) < 4.78 is 1.85. The molecular weight excluding hydrogens is 464 g/mol. The maximum Gasteiger partial charge on any atom is 0.196 e. The molecule has 0 fully saturated rings. The summed E-state index contributed by atoms with van der Waals surface area (Å²) in [5.74, 6) is 0.326. The third-order valence-electron chi connectivity index (χ3n) is 5.19. The average Bonchev–Trinajstić information content (AvgIpc) is 3.38. The lowest BCUT2D eigenvalue weighted by Crippen LogP contribution is -2.24. The van der Waals surface area contributed by atoms with E-state index in [-0.39, 0.29) is 5.75 Å². The second-order valence-corrected chi connectivity index (χ2v) is 10.3. The van der Waals surface area contributed by atoms with Gasteiger partial charge < -0.3 is 15.6 Å². The van der Waals surface area contributed by atoms with Crippen LogP contribution in [0.4, 0.5) is 5.82 Å². The third-order valence-corrected chi connectivity index (χ3v) is 8.12. The molecule has 1 aliphatic carbocycles. The van der Waals surface area contributed by atoms with Crippen LogP contribution in [0.2, 0.25) is 0 Å². The smallest absolute Gasteiger partial charge is 0.196 e. The van der Waals surface area contributed by atoms with Gasteiger partial charge in [0, 0.05) is 16.3 Å². The first kappa shape index (κ1) is 21.2. The molecule has 8 nitrogen and oxygen atoms in total. The van der Waals surface area contributed by atoms with E-state index in [0.29, 0.717) is 27.7 Å². The van der Waals surface area contributed by atoms with Crippen molar-refractivity contribution in [2.24, 2.45) is 0 Å². The van der Waals surface area contributed by atoms with Gasteiger partial charge in [0.1, 0.15) is 16.5 Å². The van der Waals surface area contributed by atoms with Crippen LogP contribution in [0.5, 0.6) is 0 Å². The Morgan fingerprint density at radius 1 is 1.12 bits per heavy atom. The van der Waals surface area contributed by atoms with Gasteiger partial charge in [0.2, 0.25) is 0 Å². The molecule has 0 atom stereocenters. The van der Waals surface area contributed by atoms with Crippen molar-refractivity contribution in [3.8, 4) is 5.69 Å². The molecule has 0 saturated carbocycles. The second-order valence-electron chi connectivity index (χ2n) is 7.30. The molecule has 2 N–H and O–H groups in total. The van der Waals surface area contributed by atoms with Gasteiger partial charge >= 0.3 is 0 Å². The number of para-hydroxylation sites is 1. The van der Waals surface area contributed by atoms with E-state index in [1.165, 1.54) is 35.0 Å². The van der Waals surface area contributed by atoms with Crippen LogP contribution < -0.4 is 10.8 Å². The minimum Gasteiger partial charge on any atom is -0.549 e. The molecule has 0 spiro atoms. The largest absolute Gasteiger partial charge is 0.549 e. The van der Waals surface area contributed by atoms with Gasteiger partial charge in [-0.15, -0.1) is 21.5 Å². The molecule has 1 aliphatic rings. The number of aromatic nitrogens is 5. The Morgan fingerprint density at radius 2 is 1.94 bits per heavy atom. The number of benzene rings is 1. The van der Waals surface area contributed by atoms with Crippen molar-refractivity contribution in [1.82, 2.24) is 24.7 Å². The molecular formula is C21H19N6O2S3-. The normalized spacial score (nSPS) is 13.4. The number of fused-ring (bicyclic) bond motifs is 3. The summed E-state index contributed by atoms with van der Waals surface area (Å²) in [5.41, 5.74) is 8.51. The number of thioether (sulfide) groups is 2. The van der Waals surface area contributed by atoms with Gasteiger partial charge in [-0.25, -0.2) is 9.97 Å². The van der Waals surface area contributed by atoms with Crippen molar-refractivity contribution in [3.63, 3.8) is 0 Å². The van der Waals surface area contributed by atoms with Crippen molar-refractivity contribution >= 4 is 56.9 Å². The molecule has 3 aromatic heterocycles. The summed E-state index contributed by atoms with van der Waals surface area (Å²) in [7, 11) is 0. The molecule has 0 unspecified atom stereocenters. The Hall–Kier alpha value is -2.63. The quantitative estimate of drug-likeness (QED) is 0.312. The summed E-state index contributed by atoms with van der Waals surface area (Å²) in [4.78, 5) is 22.6. The molecule has 4 aromatic rings. The maximum atomic E-state index is 10.9. The fraction of sp³-hybridized carbons (Fsp3) is 0.286. The number of hydrogen-bond acceptors (Lipinski definition) is 10. The van der Waals surface area contributed by atoms with Crippen molar-refractivity contribution < 1.29 is 9.90 Å². The van der Waals surface area contributed by atoms with Crippen LogP contribution in [-0.4, -0.2) is 36.5 Å². The predicted molar refractivity (Wildman–Crippen MR) is 125 cm³/mol. The molecule has 5 rings (SSSR count). The molecule has 164 valence electrons. The zero-order valence-electron chi connectivity index (χ0n) is 17.0. The van der Waals surface area contributed by atoms with E-state index in [4.69, 9.17) is 10.7 Å². The van der Waals surface area contributed by atoms with Crippen LogP contribution in [0.25, 0.3) is 15.9 Å². The number of thiophene rings is 1. The van der Waals surface area contributed by atoms with Gasteiger partial charge in [-0.05, 0) is 43.4 Å². The van der Waals surface area contributed by atoms with E-state index >= 15 is 0 Å². The number of aliphatic carboxylic acids is 1. The lowest BCUT2D eigenvalue weighted by molar-refractivity contribution is -0.301. The van der Waals surface area contributed by atoms with E-state index in [9.17, 15) is 9.90 Å². The molecule has 11 heteroatoms. The summed E-state index contributed by atoms with van der Waals surface area (Å²) in [6.45, 7) is 0. The first-order valence-electron chi connectivity index (χ1n) is 10.1. The Balaban J connectivity index is 1.43. The predicted octanol–water partition coefficient (Wildman–Crippen LogP) is 2.87. The number of rotatable bonds is 7. The van der Waals surface area contributed by atoms with Crippen molar-refractivity contribution in [2.45, 2.75) is 41.7 Å². The van der Waals surface area contributed by atoms with Gasteiger partial charge in [0.25, 0.3) is 0 Å². The number of anilines is 1. The van der Waals surface area contributed by atoms with Gasteiger partial charge in [0.15, 0.2) is 10.3 Å². The van der Waals surface area contributed by atoms with Crippen molar-refractivity contribution in [1.29, 1.82) is 0 Å². The average molecular weight is 484 g/mol. The number of nitrogens with two attached hydrogens (primary N) is 1. The molecule has 3 heterocycles. The van der Waals surface area contributed by atoms with Gasteiger partial charge in [0.05, 0.1) is 17.1 Å². The highest BCUT2D eigenvalue weighted by Gasteiger charge is 2.21. The van der Waals surface area contributed by atoms with Crippen LogP contribution in [0.15, 0.2) is 40.6 Å². The zero-order valence-corrected chi connectivity index (χ0v) is 19.4. The maximum absolute atomic E-state index is 10.9. The van der Waals surface area contributed by atoms with Crippen LogP contribution in [0, 0.1) is 0 Å². The minimum absolute atomic E-state index is 0.197. The number of nitrogen functional groups attached to an aromatic ring is 1. The van der Waals surface area contributed by atoms with Gasteiger partial charge in [-0.1, -0.05) is 41.7 Å². The number of carbonyl (C=O) groups is 1. The Bertz CT molecular complexity index is 1290. The monoisotopic (exact) mass is 483 g/mol. The topological polar surface area (TPSA) is 123 Å². The molecule has 0 aliphatic heterocycles. The molecule has 32 heavy (non-hydrogen) atoms. The fourth-order valence-electron chi connectivity index (χ4n) is 3.81. The molecule has 0 radical (unpaired) electrons. The van der Waals surface area contributed by atoms with E-state index in [2.05, 4.69) is 15.2 Å². The Labute approximate surface area is 196 Å². The SMILES string of the molecule is Nc1nc(SCc2nnc(SCC(=O)[O-])n2-c2ccccc2)nc2sc3c(c12)CCCC3. The number of hydrogen-bond donors (Lipinski definition) is 1. The highest BCUT2D eigenvalue weighted by atomic mass is 32.2. The molecule has 0 amide bonds. The van der Waals surface area contributed by atoms with E-state index in [0.717, 1.165) is 40.5 Å². The van der Waals surface area contributed by atoms with Crippen LogP contribution in [0.3, 0.4) is 0 Å². The van der Waals surface area contributed by atoms with E-state index < -0.39 is 5.97 Å². The molecule has 0 bridgehead atoms. The summed E-state index contributed by atoms with van der Waals surface area (Å²) in [5, 5.41) is 21.5. The zero-order chi connectivity index (χ0) is 22.1. The Kier molecular flexibility index (Phi) is 6.03. The van der Waals surface area contributed by atoms with Crippen LogP contribution in [0.1, 0.15) is 29.1 Å². The highest BCUT2D eigenvalue weighted by molar-refractivity contribution is 7.99. The summed E-state index contributed by atoms with van der Waals surface area (Å²) in [6.07, 6.45) is 4.52.